The Morgan fingerprint density at radius 1 is 1.32 bits per heavy atom. The largest absolute Gasteiger partial charge is 0.363 e. The number of terminal acetylenes is 1. The van der Waals surface area contributed by atoms with Gasteiger partial charge < -0.3 is 20.3 Å². The summed E-state index contributed by atoms with van der Waals surface area (Å²) in [6, 6.07) is 8.44. The molecule has 1 aliphatic heterocycles. The van der Waals surface area contributed by atoms with Crippen molar-refractivity contribution in [2.45, 2.75) is 67.5 Å². The topological polar surface area (TPSA) is 114 Å². The first kappa shape index (κ1) is 25.7. The fourth-order valence-electron chi connectivity index (χ4n) is 3.74. The van der Waals surface area contributed by atoms with E-state index in [0.29, 0.717) is 18.2 Å². The van der Waals surface area contributed by atoms with E-state index >= 15 is 0 Å². The number of aromatic nitrogens is 4. The second kappa shape index (κ2) is 12.5. The third kappa shape index (κ3) is 6.56. The van der Waals surface area contributed by atoms with Gasteiger partial charge in [-0.3, -0.25) is 9.59 Å². The van der Waals surface area contributed by atoms with Crippen molar-refractivity contribution in [2.75, 3.05) is 20.2 Å². The van der Waals surface area contributed by atoms with E-state index in [1.165, 1.54) is 11.8 Å². The van der Waals surface area contributed by atoms with Crippen molar-refractivity contribution in [3.63, 3.8) is 0 Å². The van der Waals surface area contributed by atoms with Gasteiger partial charge in [0.1, 0.15) is 12.6 Å². The van der Waals surface area contributed by atoms with Gasteiger partial charge in [0, 0.05) is 11.4 Å². The third-order valence-corrected chi connectivity index (χ3v) is 6.77. The summed E-state index contributed by atoms with van der Waals surface area (Å²) in [6.07, 6.45) is 6.40. The zero-order valence-electron chi connectivity index (χ0n) is 19.7. The van der Waals surface area contributed by atoms with Gasteiger partial charge in [0.25, 0.3) is 0 Å². The lowest BCUT2D eigenvalue weighted by Gasteiger charge is -2.32. The molecular weight excluding hydrogens is 454 g/mol. The minimum absolute atomic E-state index is 0.0521. The maximum Gasteiger partial charge on any atom is 0.248 e. The Morgan fingerprint density at radius 3 is 2.79 bits per heavy atom. The Labute approximate surface area is 204 Å². The molecule has 2 heterocycles. The van der Waals surface area contributed by atoms with Crippen molar-refractivity contribution in [3.8, 4) is 12.3 Å². The smallest absolute Gasteiger partial charge is 0.248 e. The van der Waals surface area contributed by atoms with E-state index in [4.69, 9.17) is 11.2 Å². The molecule has 1 unspecified atom stereocenters. The van der Waals surface area contributed by atoms with E-state index in [1.54, 1.807) is 30.5 Å². The van der Waals surface area contributed by atoms with Crippen LogP contribution in [0.2, 0.25) is 0 Å². The summed E-state index contributed by atoms with van der Waals surface area (Å²) in [4.78, 5) is 29.0. The van der Waals surface area contributed by atoms with Crippen molar-refractivity contribution >= 4 is 23.6 Å². The summed E-state index contributed by atoms with van der Waals surface area (Å²) in [7, 11) is 1.69. The molecule has 2 aromatic rings. The Bertz CT molecular complexity index is 994. The minimum Gasteiger partial charge on any atom is -0.363 e. The van der Waals surface area contributed by atoms with Gasteiger partial charge >= 0.3 is 0 Å². The van der Waals surface area contributed by atoms with Crippen molar-refractivity contribution < 1.29 is 14.3 Å². The standard InChI is InChI=1S/C23H31N7O3S/c1-5-14-33-17(3)20(25-21(31)16(2)24-4)22(32)29-13-9-10-18(29)15-30-23(26-27-28-30)34-19-11-7-6-8-12-19/h1,6-8,11-12,16-18,20,24H,9-10,13-15H2,2-4H3,(H,25,31)/t16-,17+,18-,20?/m0/s1. The van der Waals surface area contributed by atoms with Gasteiger partial charge in [-0.15, -0.1) is 11.5 Å². The van der Waals surface area contributed by atoms with Crippen molar-refractivity contribution in [1.82, 2.24) is 35.7 Å². The molecular formula is C23H31N7O3S. The van der Waals surface area contributed by atoms with Crippen LogP contribution >= 0.6 is 11.8 Å². The van der Waals surface area contributed by atoms with Crippen molar-refractivity contribution in [1.29, 1.82) is 0 Å². The zero-order valence-corrected chi connectivity index (χ0v) is 20.5. The second-order valence-electron chi connectivity index (χ2n) is 8.10. The van der Waals surface area contributed by atoms with Crippen LogP contribution in [-0.4, -0.2) is 81.4 Å². The average Bonchev–Trinajstić information content (AvgIpc) is 3.50. The van der Waals surface area contributed by atoms with Crippen LogP contribution in [0.25, 0.3) is 0 Å². The summed E-state index contributed by atoms with van der Waals surface area (Å²) in [6.45, 7) is 4.57. The summed E-state index contributed by atoms with van der Waals surface area (Å²) in [5, 5.41) is 18.5. The van der Waals surface area contributed by atoms with Gasteiger partial charge in [-0.25, -0.2) is 4.68 Å². The third-order valence-electron chi connectivity index (χ3n) is 5.78. The van der Waals surface area contributed by atoms with E-state index < -0.39 is 18.2 Å². The van der Waals surface area contributed by atoms with Gasteiger partial charge in [-0.05, 0) is 68.1 Å². The monoisotopic (exact) mass is 485 g/mol. The number of likely N-dealkylation sites (N-methyl/N-ethyl adjacent to an activating group) is 1. The molecule has 4 atom stereocenters. The highest BCUT2D eigenvalue weighted by Crippen LogP contribution is 2.27. The van der Waals surface area contributed by atoms with Crippen molar-refractivity contribution in [2.24, 2.45) is 0 Å². The lowest BCUT2D eigenvalue weighted by molar-refractivity contribution is -0.141. The summed E-state index contributed by atoms with van der Waals surface area (Å²) in [5.74, 6) is 1.93. The molecule has 0 aliphatic carbocycles. The molecule has 1 aliphatic rings. The molecule has 182 valence electrons. The number of carbonyl (C=O) groups excluding carboxylic acids is 2. The normalized spacial score (nSPS) is 18.2. The highest BCUT2D eigenvalue weighted by molar-refractivity contribution is 7.99. The van der Waals surface area contributed by atoms with Gasteiger partial charge in [0.05, 0.1) is 24.7 Å². The van der Waals surface area contributed by atoms with Crippen LogP contribution in [0, 0.1) is 12.3 Å². The first-order valence-electron chi connectivity index (χ1n) is 11.3. The molecule has 0 radical (unpaired) electrons. The summed E-state index contributed by atoms with van der Waals surface area (Å²) >= 11 is 1.47. The molecule has 0 saturated carbocycles. The van der Waals surface area contributed by atoms with Gasteiger partial charge in [-0.2, -0.15) is 0 Å². The number of likely N-dealkylation sites (tertiary alicyclic amines) is 1. The highest BCUT2D eigenvalue weighted by Gasteiger charge is 2.38. The molecule has 34 heavy (non-hydrogen) atoms. The van der Waals surface area contributed by atoms with Crippen LogP contribution in [0.15, 0.2) is 40.4 Å². The Kier molecular flexibility index (Phi) is 9.44. The van der Waals surface area contributed by atoms with E-state index in [1.807, 2.05) is 30.3 Å². The number of hydrogen-bond acceptors (Lipinski definition) is 8. The SMILES string of the molecule is C#CCO[C@H](C)C(NC(=O)[C@H](C)NC)C(=O)N1CCC[C@H]1Cn1nnnc1Sc1ccccc1. The number of tetrazole rings is 1. The second-order valence-corrected chi connectivity index (χ2v) is 9.14. The van der Waals surface area contributed by atoms with Crippen molar-refractivity contribution in [3.05, 3.63) is 30.3 Å². The first-order valence-corrected chi connectivity index (χ1v) is 12.1. The number of nitrogens with zero attached hydrogens (tertiary/aromatic N) is 5. The van der Waals surface area contributed by atoms with Crippen LogP contribution in [-0.2, 0) is 20.9 Å². The molecule has 2 N–H and O–H groups in total. The van der Waals surface area contributed by atoms with E-state index in [0.717, 1.165) is 17.7 Å². The molecule has 3 rings (SSSR count). The summed E-state index contributed by atoms with van der Waals surface area (Å²) in [5.41, 5.74) is 0. The Balaban J connectivity index is 1.74. The number of nitrogens with one attached hydrogen (secondary N) is 2. The molecule has 0 bridgehead atoms. The fourth-order valence-corrected chi connectivity index (χ4v) is 4.53. The number of ether oxygens (including phenoxy) is 1. The molecule has 0 spiro atoms. The number of rotatable bonds is 11. The maximum absolute atomic E-state index is 13.6. The molecule has 10 nitrogen and oxygen atoms in total. The molecule has 1 aromatic heterocycles. The number of amides is 2. The molecule has 1 fully saturated rings. The van der Waals surface area contributed by atoms with Gasteiger partial charge in [0.15, 0.2) is 0 Å². The van der Waals surface area contributed by atoms with Crippen LogP contribution < -0.4 is 10.6 Å². The van der Waals surface area contributed by atoms with Crippen LogP contribution in [0.5, 0.6) is 0 Å². The lowest BCUT2D eigenvalue weighted by atomic mass is 10.1. The average molecular weight is 486 g/mol. The predicted octanol–water partition coefficient (Wildman–Crippen LogP) is 0.946. The molecule has 1 saturated heterocycles. The fraction of sp³-hybridized carbons (Fsp3) is 0.522. The maximum atomic E-state index is 13.6. The van der Waals surface area contributed by atoms with Crippen LogP contribution in [0.1, 0.15) is 26.7 Å². The quantitative estimate of drug-likeness (QED) is 0.452. The van der Waals surface area contributed by atoms with Crippen LogP contribution in [0.3, 0.4) is 0 Å². The molecule has 1 aromatic carbocycles. The summed E-state index contributed by atoms with van der Waals surface area (Å²) < 4.78 is 7.34. The minimum atomic E-state index is -0.857. The predicted molar refractivity (Wildman–Crippen MR) is 128 cm³/mol. The Hall–Kier alpha value is -2.94. The lowest BCUT2D eigenvalue weighted by Crippen LogP contribution is -2.58. The first-order chi connectivity index (χ1) is 16.4. The number of carbonyl (C=O) groups is 2. The number of hydrogen-bond donors (Lipinski definition) is 2. The number of benzene rings is 1. The zero-order chi connectivity index (χ0) is 24.5. The van der Waals surface area contributed by atoms with E-state index in [-0.39, 0.29) is 24.5 Å². The van der Waals surface area contributed by atoms with Gasteiger partial charge in [0.2, 0.25) is 17.0 Å². The van der Waals surface area contributed by atoms with E-state index in [2.05, 4.69) is 32.1 Å². The molecule has 2 amide bonds. The van der Waals surface area contributed by atoms with Gasteiger partial charge in [-0.1, -0.05) is 24.1 Å². The molecule has 11 heteroatoms. The van der Waals surface area contributed by atoms with Crippen LogP contribution in [0.4, 0.5) is 0 Å². The van der Waals surface area contributed by atoms with E-state index in [9.17, 15) is 9.59 Å². The highest BCUT2D eigenvalue weighted by atomic mass is 32.2. The Morgan fingerprint density at radius 2 is 2.09 bits per heavy atom.